The van der Waals surface area contributed by atoms with Gasteiger partial charge in [0.05, 0.1) is 25.9 Å². The number of nitrogens with zero attached hydrogens (tertiary/aromatic N) is 1. The smallest absolute Gasteiger partial charge is 0.251 e. The number of benzene rings is 2. The summed E-state index contributed by atoms with van der Waals surface area (Å²) in [5, 5.41) is 9.41. The second-order valence-corrected chi connectivity index (χ2v) is 7.54. The number of guanidine groups is 1. The fraction of sp³-hybridized carbons (Fsp3) is 0.280. The van der Waals surface area contributed by atoms with Gasteiger partial charge >= 0.3 is 0 Å². The van der Waals surface area contributed by atoms with Crippen molar-refractivity contribution >= 4 is 11.9 Å². The van der Waals surface area contributed by atoms with Gasteiger partial charge in [-0.15, -0.1) is 0 Å². The highest BCUT2D eigenvalue weighted by Crippen LogP contribution is 2.30. The summed E-state index contributed by atoms with van der Waals surface area (Å²) in [7, 11) is 0. The molecule has 8 nitrogen and oxygen atoms in total. The van der Waals surface area contributed by atoms with Crippen molar-refractivity contribution in [2.75, 3.05) is 19.7 Å². The van der Waals surface area contributed by atoms with Gasteiger partial charge in [0.2, 0.25) is 0 Å². The third kappa shape index (κ3) is 6.29. The summed E-state index contributed by atoms with van der Waals surface area (Å²) in [6, 6.07) is 18.7. The van der Waals surface area contributed by atoms with Crippen LogP contribution in [0.5, 0.6) is 11.5 Å². The van der Waals surface area contributed by atoms with Crippen LogP contribution in [0, 0.1) is 0 Å². The normalized spacial score (nSPS) is 15.1. The van der Waals surface area contributed by atoms with E-state index in [4.69, 9.17) is 13.9 Å². The highest BCUT2D eigenvalue weighted by atomic mass is 16.6. The number of furan rings is 1. The number of hydrogen-bond acceptors (Lipinski definition) is 5. The zero-order valence-electron chi connectivity index (χ0n) is 18.5. The molecule has 1 unspecified atom stereocenters. The van der Waals surface area contributed by atoms with Crippen LogP contribution in [-0.4, -0.2) is 37.7 Å². The van der Waals surface area contributed by atoms with Crippen molar-refractivity contribution in [3.05, 3.63) is 83.8 Å². The molecule has 0 bridgehead atoms. The molecule has 1 aromatic heterocycles. The van der Waals surface area contributed by atoms with Crippen molar-refractivity contribution < 1.29 is 18.7 Å². The average molecular weight is 449 g/mol. The van der Waals surface area contributed by atoms with E-state index in [2.05, 4.69) is 20.9 Å². The predicted octanol–water partition coefficient (Wildman–Crippen LogP) is 3.10. The molecule has 172 valence electrons. The topological polar surface area (TPSA) is 97.1 Å². The lowest BCUT2D eigenvalue weighted by atomic mass is 10.1. The van der Waals surface area contributed by atoms with Gasteiger partial charge in [0.1, 0.15) is 18.5 Å². The molecule has 33 heavy (non-hydrogen) atoms. The summed E-state index contributed by atoms with van der Waals surface area (Å²) in [5.41, 5.74) is 1.52. The van der Waals surface area contributed by atoms with Gasteiger partial charge in [-0.3, -0.25) is 4.79 Å². The maximum absolute atomic E-state index is 12.5. The van der Waals surface area contributed by atoms with Crippen LogP contribution in [0.25, 0.3) is 0 Å². The van der Waals surface area contributed by atoms with Gasteiger partial charge < -0.3 is 29.8 Å². The number of carbonyl (C=O) groups is 1. The fourth-order valence-corrected chi connectivity index (χ4v) is 3.38. The molecule has 2 heterocycles. The van der Waals surface area contributed by atoms with Crippen LogP contribution in [0.3, 0.4) is 0 Å². The number of rotatable bonds is 8. The minimum absolute atomic E-state index is 0.120. The zero-order chi connectivity index (χ0) is 22.9. The third-order valence-electron chi connectivity index (χ3n) is 5.02. The van der Waals surface area contributed by atoms with Gasteiger partial charge in [-0.2, -0.15) is 0 Å². The molecule has 0 saturated carbocycles. The van der Waals surface area contributed by atoms with Gasteiger partial charge in [0, 0.05) is 12.1 Å². The highest BCUT2D eigenvalue weighted by molar-refractivity contribution is 5.94. The number of aliphatic imine (C=N–C) groups is 1. The monoisotopic (exact) mass is 448 g/mol. The molecule has 0 fully saturated rings. The Hall–Kier alpha value is -3.94. The van der Waals surface area contributed by atoms with Crippen LogP contribution in [0.4, 0.5) is 0 Å². The number of carbonyl (C=O) groups excluding carboxylic acids is 1. The zero-order valence-corrected chi connectivity index (χ0v) is 18.5. The van der Waals surface area contributed by atoms with Gasteiger partial charge in [-0.05, 0) is 48.9 Å². The average Bonchev–Trinajstić information content (AvgIpc) is 3.38. The molecule has 0 saturated heterocycles. The Kier molecular flexibility index (Phi) is 7.48. The predicted molar refractivity (Wildman–Crippen MR) is 125 cm³/mol. The first-order valence-electron chi connectivity index (χ1n) is 11.0. The van der Waals surface area contributed by atoms with E-state index >= 15 is 0 Å². The van der Waals surface area contributed by atoms with E-state index in [0.717, 1.165) is 23.6 Å². The Balaban J connectivity index is 1.32. The van der Waals surface area contributed by atoms with Crippen molar-refractivity contribution in [3.63, 3.8) is 0 Å². The molecule has 0 spiro atoms. The molecule has 3 N–H and O–H groups in total. The van der Waals surface area contributed by atoms with Crippen LogP contribution in [-0.2, 0) is 13.1 Å². The number of hydrogen-bond donors (Lipinski definition) is 3. The van der Waals surface area contributed by atoms with Crippen LogP contribution in [0.1, 0.15) is 28.6 Å². The molecule has 2 aromatic carbocycles. The van der Waals surface area contributed by atoms with Crippen LogP contribution < -0.4 is 25.4 Å². The Morgan fingerprint density at radius 3 is 2.73 bits per heavy atom. The van der Waals surface area contributed by atoms with Crippen molar-refractivity contribution in [1.29, 1.82) is 0 Å². The molecule has 1 amide bonds. The van der Waals surface area contributed by atoms with Crippen molar-refractivity contribution in [3.8, 4) is 11.5 Å². The first-order chi connectivity index (χ1) is 16.2. The van der Waals surface area contributed by atoms with E-state index in [9.17, 15) is 4.79 Å². The maximum Gasteiger partial charge on any atom is 0.251 e. The van der Waals surface area contributed by atoms with Gasteiger partial charge in [0.15, 0.2) is 17.5 Å². The quantitative estimate of drug-likeness (QED) is 0.362. The lowest BCUT2D eigenvalue weighted by Gasteiger charge is -2.27. The Morgan fingerprint density at radius 1 is 1.03 bits per heavy atom. The standard InChI is InChI=1S/C25H28N4O4/c1-2-26-25(29-16-21-17-32-22-10-3-4-11-23(22)33-21)28-14-18-7-5-8-19(13-18)24(30)27-15-20-9-6-12-31-20/h3-13,21H,2,14-17H2,1H3,(H,27,30)(H2,26,28,29). The lowest BCUT2D eigenvalue weighted by Crippen LogP contribution is -2.45. The molecule has 1 aliphatic rings. The van der Waals surface area contributed by atoms with E-state index in [1.165, 1.54) is 0 Å². The summed E-state index contributed by atoms with van der Waals surface area (Å²) < 4.78 is 17.0. The number of fused-ring (bicyclic) bond motifs is 1. The lowest BCUT2D eigenvalue weighted by molar-refractivity contribution is 0.0936. The fourth-order valence-electron chi connectivity index (χ4n) is 3.38. The Labute approximate surface area is 193 Å². The van der Waals surface area contributed by atoms with E-state index in [1.807, 2.05) is 55.5 Å². The highest BCUT2D eigenvalue weighted by Gasteiger charge is 2.20. The minimum Gasteiger partial charge on any atom is -0.486 e. The first kappa shape index (κ1) is 22.3. The molecule has 0 radical (unpaired) electrons. The molecule has 1 atom stereocenters. The Morgan fingerprint density at radius 2 is 1.91 bits per heavy atom. The molecule has 8 heteroatoms. The van der Waals surface area contributed by atoms with E-state index < -0.39 is 0 Å². The van der Waals surface area contributed by atoms with Crippen molar-refractivity contribution in [2.24, 2.45) is 4.99 Å². The molecular formula is C25H28N4O4. The van der Waals surface area contributed by atoms with Crippen LogP contribution in [0.15, 0.2) is 76.3 Å². The summed E-state index contributed by atoms with van der Waals surface area (Å²) >= 11 is 0. The summed E-state index contributed by atoms with van der Waals surface area (Å²) in [6.45, 7) is 4.54. The number of para-hydroxylation sites is 2. The second kappa shape index (κ2) is 11.1. The van der Waals surface area contributed by atoms with Crippen LogP contribution >= 0.6 is 0 Å². The Bertz CT molecular complexity index is 1080. The van der Waals surface area contributed by atoms with Gasteiger partial charge in [0.25, 0.3) is 5.91 Å². The first-order valence-corrected chi connectivity index (χ1v) is 11.0. The summed E-state index contributed by atoms with van der Waals surface area (Å²) in [4.78, 5) is 17.1. The summed E-state index contributed by atoms with van der Waals surface area (Å²) in [6.07, 6.45) is 1.47. The second-order valence-electron chi connectivity index (χ2n) is 7.54. The molecule has 4 rings (SSSR count). The molecule has 0 aliphatic carbocycles. The third-order valence-corrected chi connectivity index (χ3v) is 5.02. The molecule has 1 aliphatic heterocycles. The van der Waals surface area contributed by atoms with E-state index in [-0.39, 0.29) is 12.0 Å². The van der Waals surface area contributed by atoms with Crippen molar-refractivity contribution in [2.45, 2.75) is 26.1 Å². The number of amides is 1. The van der Waals surface area contributed by atoms with Gasteiger partial charge in [-0.25, -0.2) is 4.99 Å². The van der Waals surface area contributed by atoms with Gasteiger partial charge in [-0.1, -0.05) is 24.3 Å². The van der Waals surface area contributed by atoms with E-state index in [0.29, 0.717) is 43.5 Å². The maximum atomic E-state index is 12.5. The SMILES string of the molecule is CCNC(=NCc1cccc(C(=O)NCc2ccco2)c1)NCC1COc2ccccc2O1. The number of nitrogens with one attached hydrogen (secondary N) is 3. The summed E-state index contributed by atoms with van der Waals surface area (Å²) in [5.74, 6) is 2.74. The number of ether oxygens (including phenoxy) is 2. The minimum atomic E-state index is -0.156. The molecule has 3 aromatic rings. The molecular weight excluding hydrogens is 420 g/mol. The van der Waals surface area contributed by atoms with Crippen LogP contribution in [0.2, 0.25) is 0 Å². The largest absolute Gasteiger partial charge is 0.486 e. The van der Waals surface area contributed by atoms with E-state index in [1.54, 1.807) is 18.4 Å². The van der Waals surface area contributed by atoms with Crippen molar-refractivity contribution in [1.82, 2.24) is 16.0 Å².